The first-order chi connectivity index (χ1) is 17.6. The summed E-state index contributed by atoms with van der Waals surface area (Å²) in [6.45, 7) is 3.08. The fraction of sp³-hybridized carbons (Fsp3) is 0.192. The van der Waals surface area contributed by atoms with Gasteiger partial charge < -0.3 is 24.2 Å². The molecule has 1 aliphatic heterocycles. The maximum atomic E-state index is 12.8. The van der Waals surface area contributed by atoms with Crippen LogP contribution in [0.3, 0.4) is 0 Å². The first-order valence-corrected chi connectivity index (χ1v) is 11.5. The van der Waals surface area contributed by atoms with Crippen LogP contribution in [-0.4, -0.2) is 44.8 Å². The summed E-state index contributed by atoms with van der Waals surface area (Å²) >= 11 is 0. The third kappa shape index (κ3) is 4.02. The summed E-state index contributed by atoms with van der Waals surface area (Å²) in [5.41, 5.74) is 3.40. The van der Waals surface area contributed by atoms with E-state index < -0.39 is 11.7 Å². The summed E-state index contributed by atoms with van der Waals surface area (Å²) in [6, 6.07) is 11.1. The summed E-state index contributed by atoms with van der Waals surface area (Å²) in [5, 5.41) is 7.09. The fourth-order valence-electron chi connectivity index (χ4n) is 4.50. The number of fused-ring (bicyclic) bond motifs is 2. The van der Waals surface area contributed by atoms with Gasteiger partial charge in [-0.1, -0.05) is 0 Å². The van der Waals surface area contributed by atoms with Crippen LogP contribution >= 0.6 is 0 Å². The second-order valence-electron chi connectivity index (χ2n) is 8.51. The molecule has 1 atom stereocenters. The Labute approximate surface area is 205 Å². The van der Waals surface area contributed by atoms with Gasteiger partial charge in [0.1, 0.15) is 16.8 Å². The van der Waals surface area contributed by atoms with Crippen molar-refractivity contribution in [3.63, 3.8) is 0 Å². The Balaban J connectivity index is 1.36. The van der Waals surface area contributed by atoms with Crippen LogP contribution in [-0.2, 0) is 4.74 Å². The van der Waals surface area contributed by atoms with Crippen molar-refractivity contribution in [2.24, 2.45) is 0 Å². The van der Waals surface area contributed by atoms with Crippen LogP contribution in [0.15, 0.2) is 70.4 Å². The summed E-state index contributed by atoms with van der Waals surface area (Å²) in [4.78, 5) is 38.3. The minimum atomic E-state index is -0.676. The number of imidazole rings is 1. The Bertz CT molecular complexity index is 1670. The standard InChI is InChI=1S/C26H22N6O4/c1-15(33)23-24(21-13-27-9-11-35-21)18-4-3-17(12-20(18)36-25(23)34)30-26-29-7-6-19(31-26)16-2-5-22-28-8-10-32(22)14-16/h2-8,10,12,14,21,27H,9,11,13H2,1H3,(H,29,30,31). The molecule has 36 heavy (non-hydrogen) atoms. The highest BCUT2D eigenvalue weighted by molar-refractivity contribution is 6.00. The molecule has 1 saturated heterocycles. The number of carbonyl (C=O) groups is 1. The lowest BCUT2D eigenvalue weighted by Gasteiger charge is -2.26. The highest BCUT2D eigenvalue weighted by Gasteiger charge is 2.27. The van der Waals surface area contributed by atoms with E-state index >= 15 is 0 Å². The van der Waals surface area contributed by atoms with Crippen molar-refractivity contribution in [1.82, 2.24) is 24.7 Å². The number of Topliss-reactive ketones (excluding diaryl/α,β-unsaturated/α-hetero) is 1. The van der Waals surface area contributed by atoms with Gasteiger partial charge in [0.25, 0.3) is 0 Å². The van der Waals surface area contributed by atoms with E-state index in [1.54, 1.807) is 18.5 Å². The Morgan fingerprint density at radius 2 is 2.08 bits per heavy atom. The molecule has 10 nitrogen and oxygen atoms in total. The molecular weight excluding hydrogens is 460 g/mol. The zero-order valence-corrected chi connectivity index (χ0v) is 19.4. The predicted octanol–water partition coefficient (Wildman–Crippen LogP) is 3.50. The first-order valence-electron chi connectivity index (χ1n) is 11.5. The van der Waals surface area contributed by atoms with E-state index in [4.69, 9.17) is 9.15 Å². The zero-order chi connectivity index (χ0) is 24.6. The first kappa shape index (κ1) is 22.1. The molecule has 0 saturated carbocycles. The Morgan fingerprint density at radius 1 is 1.17 bits per heavy atom. The van der Waals surface area contributed by atoms with Gasteiger partial charge in [-0.2, -0.15) is 0 Å². The van der Waals surface area contributed by atoms with Crippen molar-refractivity contribution >= 4 is 34.0 Å². The predicted molar refractivity (Wildman–Crippen MR) is 134 cm³/mol. The van der Waals surface area contributed by atoms with Crippen molar-refractivity contribution in [2.45, 2.75) is 13.0 Å². The van der Waals surface area contributed by atoms with Gasteiger partial charge in [0.15, 0.2) is 5.78 Å². The number of benzene rings is 1. The summed E-state index contributed by atoms with van der Waals surface area (Å²) < 4.78 is 13.4. The Morgan fingerprint density at radius 3 is 2.92 bits per heavy atom. The molecule has 180 valence electrons. The molecule has 4 aromatic heterocycles. The molecule has 1 fully saturated rings. The fourth-order valence-corrected chi connectivity index (χ4v) is 4.50. The van der Waals surface area contributed by atoms with E-state index in [0.29, 0.717) is 47.9 Å². The van der Waals surface area contributed by atoms with Crippen LogP contribution in [0, 0.1) is 0 Å². The molecule has 0 aliphatic carbocycles. The van der Waals surface area contributed by atoms with Crippen LogP contribution in [0.4, 0.5) is 11.6 Å². The Kier molecular flexibility index (Phi) is 5.51. The molecule has 5 aromatic rings. The molecule has 10 heteroatoms. The van der Waals surface area contributed by atoms with Crippen LogP contribution in [0.25, 0.3) is 27.9 Å². The van der Waals surface area contributed by atoms with Crippen LogP contribution in [0.5, 0.6) is 0 Å². The van der Waals surface area contributed by atoms with Gasteiger partial charge >= 0.3 is 5.63 Å². The van der Waals surface area contributed by atoms with E-state index in [2.05, 4.69) is 25.6 Å². The molecule has 0 amide bonds. The lowest BCUT2D eigenvalue weighted by Crippen LogP contribution is -2.35. The van der Waals surface area contributed by atoms with Crippen molar-refractivity contribution in [3.05, 3.63) is 82.7 Å². The molecule has 0 radical (unpaired) electrons. The maximum Gasteiger partial charge on any atom is 0.347 e. The highest BCUT2D eigenvalue weighted by atomic mass is 16.5. The van der Waals surface area contributed by atoms with Crippen molar-refractivity contribution in [1.29, 1.82) is 0 Å². The number of hydrogen-bond acceptors (Lipinski definition) is 9. The number of hydrogen-bond donors (Lipinski definition) is 2. The molecule has 5 heterocycles. The smallest absolute Gasteiger partial charge is 0.347 e. The second kappa shape index (κ2) is 8.99. The number of pyridine rings is 1. The molecule has 1 aromatic carbocycles. The zero-order valence-electron chi connectivity index (χ0n) is 19.4. The van der Waals surface area contributed by atoms with E-state index in [1.165, 1.54) is 6.92 Å². The average molecular weight is 483 g/mol. The van der Waals surface area contributed by atoms with Crippen LogP contribution < -0.4 is 16.3 Å². The molecule has 6 rings (SSSR count). The van der Waals surface area contributed by atoms with E-state index in [0.717, 1.165) is 16.9 Å². The quantitative estimate of drug-likeness (QED) is 0.286. The number of aromatic nitrogens is 4. The third-order valence-electron chi connectivity index (χ3n) is 6.15. The third-order valence-corrected chi connectivity index (χ3v) is 6.15. The summed E-state index contributed by atoms with van der Waals surface area (Å²) in [6.07, 6.45) is 6.83. The van der Waals surface area contributed by atoms with Gasteiger partial charge in [0, 0.05) is 66.1 Å². The average Bonchev–Trinajstić information content (AvgIpc) is 3.36. The number of nitrogens with zero attached hydrogens (tertiary/aromatic N) is 4. The number of carbonyl (C=O) groups excluding carboxylic acids is 1. The topological polar surface area (TPSA) is 124 Å². The minimum Gasteiger partial charge on any atom is -0.422 e. The van der Waals surface area contributed by atoms with Crippen LogP contribution in [0.1, 0.15) is 28.9 Å². The van der Waals surface area contributed by atoms with Crippen molar-refractivity contribution < 1.29 is 13.9 Å². The molecule has 2 N–H and O–H groups in total. The lowest BCUT2D eigenvalue weighted by atomic mass is 9.96. The van der Waals surface area contributed by atoms with Gasteiger partial charge in [-0.05, 0) is 37.3 Å². The van der Waals surface area contributed by atoms with Gasteiger partial charge in [-0.25, -0.2) is 19.7 Å². The summed E-state index contributed by atoms with van der Waals surface area (Å²) in [5.74, 6) is 0.0384. The van der Waals surface area contributed by atoms with E-state index in [1.807, 2.05) is 47.1 Å². The lowest BCUT2D eigenvalue weighted by molar-refractivity contribution is 0.0277. The second-order valence-corrected chi connectivity index (χ2v) is 8.51. The van der Waals surface area contributed by atoms with Gasteiger partial charge in [0.2, 0.25) is 5.95 Å². The SMILES string of the molecule is CC(=O)c1c(C2CNCCO2)c2ccc(Nc3nccc(-c4ccc5nccn5c4)n3)cc2oc1=O. The van der Waals surface area contributed by atoms with Gasteiger partial charge in [0.05, 0.1) is 18.4 Å². The van der Waals surface area contributed by atoms with E-state index in [9.17, 15) is 9.59 Å². The number of anilines is 2. The van der Waals surface area contributed by atoms with Crippen molar-refractivity contribution in [3.8, 4) is 11.3 Å². The van der Waals surface area contributed by atoms with Crippen molar-refractivity contribution in [2.75, 3.05) is 25.0 Å². The van der Waals surface area contributed by atoms with Gasteiger partial charge in [-0.15, -0.1) is 0 Å². The number of ether oxygens (including phenoxy) is 1. The van der Waals surface area contributed by atoms with Gasteiger partial charge in [-0.3, -0.25) is 4.79 Å². The highest BCUT2D eigenvalue weighted by Crippen LogP contribution is 2.31. The minimum absolute atomic E-state index is 0.0304. The molecule has 1 aliphatic rings. The number of nitrogens with one attached hydrogen (secondary N) is 2. The monoisotopic (exact) mass is 482 g/mol. The largest absolute Gasteiger partial charge is 0.422 e. The maximum absolute atomic E-state index is 12.8. The molecular formula is C26H22N6O4. The number of morpholine rings is 1. The van der Waals surface area contributed by atoms with Crippen LogP contribution in [0.2, 0.25) is 0 Å². The number of ketones is 1. The molecule has 1 unspecified atom stereocenters. The normalized spacial score (nSPS) is 15.9. The summed E-state index contributed by atoms with van der Waals surface area (Å²) in [7, 11) is 0. The van der Waals surface area contributed by atoms with E-state index in [-0.39, 0.29) is 11.3 Å². The Hall–Kier alpha value is -4.41. The molecule has 0 bridgehead atoms. The molecule has 0 spiro atoms. The number of rotatable bonds is 5.